The molecule has 468 valence electrons. The van der Waals surface area contributed by atoms with Gasteiger partial charge in [-0.1, -0.05) is 121 Å². The Kier molecular flexibility index (Phi) is 33.7. The molecule has 0 radical (unpaired) electrons. The summed E-state index contributed by atoms with van der Waals surface area (Å²) in [6.07, 6.45) is -7.15. The van der Waals surface area contributed by atoms with Crippen LogP contribution in [0.15, 0.2) is 121 Å². The van der Waals surface area contributed by atoms with Crippen molar-refractivity contribution in [2.75, 3.05) is 104 Å². The van der Waals surface area contributed by atoms with Gasteiger partial charge in [0.2, 0.25) is 0 Å². The lowest BCUT2D eigenvalue weighted by atomic mass is 10.1. The molecule has 4 aromatic rings. The summed E-state index contributed by atoms with van der Waals surface area (Å²) in [6, 6.07) is 33.0. The van der Waals surface area contributed by atoms with Gasteiger partial charge in [-0.05, 0) is 22.3 Å². The van der Waals surface area contributed by atoms with Crippen LogP contribution in [0.3, 0.4) is 0 Å². The Morgan fingerprint density at radius 2 is 0.547 bits per heavy atom. The minimum absolute atomic E-state index is 0.0671. The maximum atomic E-state index is 14.5. The minimum atomic E-state index is -1.79. The van der Waals surface area contributed by atoms with Crippen LogP contribution in [0.5, 0.6) is 0 Å². The average molecular weight is 1270 g/mol. The smallest absolute Gasteiger partial charge is 0.329 e. The van der Waals surface area contributed by atoms with Crippen LogP contribution < -0.4 is 21.3 Å². The maximum Gasteiger partial charge on any atom is 0.329 e. The second kappa shape index (κ2) is 41.0. The molecule has 8 atom stereocenters. The molecule has 0 unspecified atom stereocenters. The Balaban J connectivity index is 1.40. The highest BCUT2D eigenvalue weighted by molar-refractivity contribution is 7.99. The monoisotopic (exact) mass is 1270 g/mol. The van der Waals surface area contributed by atoms with E-state index in [2.05, 4.69) is 21.3 Å². The summed E-state index contributed by atoms with van der Waals surface area (Å²) in [6.45, 7) is -2.56. The number of rotatable bonds is 28. The molecule has 0 spiro atoms. The average Bonchev–Trinajstić information content (AvgIpc) is 3.40. The normalized spacial score (nSPS) is 18.6. The molecular weight excluding hydrogens is 1190 g/mol. The molecular formula is C60H76N4O18S4. The van der Waals surface area contributed by atoms with Crippen molar-refractivity contribution in [3.05, 3.63) is 144 Å². The number of thioether (sulfide) groups is 4. The van der Waals surface area contributed by atoms with Gasteiger partial charge >= 0.3 is 23.9 Å². The van der Waals surface area contributed by atoms with Gasteiger partial charge in [-0.25, -0.2) is 19.2 Å². The second-order valence-corrected chi connectivity index (χ2v) is 22.9. The number of esters is 4. The summed E-state index contributed by atoms with van der Waals surface area (Å²) in [4.78, 5) is 111. The number of carbonyl (C=O) groups excluding carboxylic acids is 8. The van der Waals surface area contributed by atoms with Crippen molar-refractivity contribution in [1.29, 1.82) is 0 Å². The van der Waals surface area contributed by atoms with Crippen LogP contribution in [-0.2, 0) is 109 Å². The number of nitrogens with one attached hydrogen (secondary N) is 4. The number of benzene rings is 4. The number of carbonyl (C=O) groups is 8. The lowest BCUT2D eigenvalue weighted by Crippen LogP contribution is -2.58. The largest absolute Gasteiger partial charge is 0.467 e. The van der Waals surface area contributed by atoms with Gasteiger partial charge < -0.3 is 68.6 Å². The first kappa shape index (κ1) is 70.6. The van der Waals surface area contributed by atoms with Gasteiger partial charge in [0.1, 0.15) is 24.2 Å². The molecule has 22 nitrogen and oxygen atoms in total. The Morgan fingerprint density at radius 1 is 0.349 bits per heavy atom. The van der Waals surface area contributed by atoms with Gasteiger partial charge in [0.25, 0.3) is 23.6 Å². The van der Waals surface area contributed by atoms with Gasteiger partial charge in [-0.3, -0.25) is 19.2 Å². The van der Waals surface area contributed by atoms with Crippen molar-refractivity contribution in [2.45, 2.75) is 71.6 Å². The zero-order chi connectivity index (χ0) is 61.7. The number of hydrogen-bond acceptors (Lipinski definition) is 22. The highest BCUT2D eigenvalue weighted by Crippen LogP contribution is 2.20. The SMILES string of the molecule is COC(=O)[C@H](CSCc1ccccc1)NC(=O)[C@@H]1OCCOCCO[C@@H](C(=O)N[C@@H](CSCc2ccccc2)C(=O)OC)[C@H](C(=O)N[C@@H](CSCc2ccccc2)C(=O)OC)OCCOCCO[C@H]1C(=O)N[C@@H](CSCc1ccccc1)C(=O)OC. The molecule has 1 aliphatic heterocycles. The van der Waals surface area contributed by atoms with E-state index < -0.39 is 96.1 Å². The lowest BCUT2D eigenvalue weighted by molar-refractivity contribution is -0.166. The van der Waals surface area contributed by atoms with Gasteiger partial charge in [0.15, 0.2) is 24.4 Å². The quantitative estimate of drug-likeness (QED) is 0.0463. The fraction of sp³-hybridized carbons (Fsp3) is 0.467. The van der Waals surface area contributed by atoms with E-state index in [1.165, 1.54) is 75.5 Å². The summed E-state index contributed by atoms with van der Waals surface area (Å²) < 4.78 is 56.5. The standard InChI is InChI=1S/C60H76N4O18S4/c1-73-57(69)45(37-83-33-41-17-9-5-10-18-41)61-53(65)49-50(54(66)62-46(58(70)74-2)38-84-34-42-19-11-6-12-20-42)80-30-26-78-28-32-82-52(56(68)64-48(60(72)76-4)40-86-36-44-23-15-8-16-24-44)51(81-31-27-77-25-29-79-49)55(67)63-47(59(71)75-3)39-85-35-43-21-13-7-14-22-43/h5-24,45-52H,25-40H2,1-4H3,(H,61,65)(H,62,66)(H,63,67)(H,64,68)/t45-,46-,47-,48-,49+,50+,51+,52+/m0/s1. The summed E-state index contributed by atoms with van der Waals surface area (Å²) >= 11 is 5.41. The number of ether oxygens (including phenoxy) is 10. The molecule has 1 aliphatic rings. The highest BCUT2D eigenvalue weighted by atomic mass is 32.2. The topological polar surface area (TPSA) is 277 Å². The molecule has 1 saturated heterocycles. The molecule has 1 heterocycles. The number of hydrogen-bond donors (Lipinski definition) is 4. The highest BCUT2D eigenvalue weighted by Gasteiger charge is 2.41. The molecule has 4 amide bonds. The van der Waals surface area contributed by atoms with Gasteiger partial charge in [-0.15, -0.1) is 0 Å². The molecule has 26 heteroatoms. The van der Waals surface area contributed by atoms with Crippen molar-refractivity contribution in [1.82, 2.24) is 21.3 Å². The summed E-state index contributed by atoms with van der Waals surface area (Å²) in [7, 11) is 4.70. The predicted octanol–water partition coefficient (Wildman–Crippen LogP) is 3.94. The summed E-state index contributed by atoms with van der Waals surface area (Å²) in [5, 5.41) is 10.7. The van der Waals surface area contributed by atoms with Crippen molar-refractivity contribution in [2.24, 2.45) is 0 Å². The molecule has 0 bridgehead atoms. The van der Waals surface area contributed by atoms with Crippen LogP contribution in [0, 0.1) is 0 Å². The molecule has 0 aromatic heterocycles. The van der Waals surface area contributed by atoms with Crippen molar-refractivity contribution < 1.29 is 85.7 Å². The van der Waals surface area contributed by atoms with Crippen LogP contribution >= 0.6 is 47.0 Å². The van der Waals surface area contributed by atoms with Gasteiger partial charge in [-0.2, -0.15) is 47.0 Å². The van der Waals surface area contributed by atoms with Crippen molar-refractivity contribution in [3.8, 4) is 0 Å². The van der Waals surface area contributed by atoms with Crippen LogP contribution in [0.25, 0.3) is 0 Å². The molecule has 0 saturated carbocycles. The van der Waals surface area contributed by atoms with E-state index in [0.29, 0.717) is 23.0 Å². The van der Waals surface area contributed by atoms with Crippen molar-refractivity contribution in [3.63, 3.8) is 0 Å². The molecule has 5 rings (SSSR count). The van der Waals surface area contributed by atoms with E-state index in [9.17, 15) is 38.4 Å². The second-order valence-electron chi connectivity index (χ2n) is 18.7. The number of amides is 4. The first-order valence-corrected chi connectivity index (χ1v) is 32.1. The van der Waals surface area contributed by atoms with E-state index in [4.69, 9.17) is 47.4 Å². The summed E-state index contributed by atoms with van der Waals surface area (Å²) in [5.41, 5.74) is 3.89. The third-order valence-corrected chi connectivity index (χ3v) is 16.9. The Labute approximate surface area is 518 Å². The van der Waals surface area contributed by atoms with Gasteiger partial charge in [0.05, 0.1) is 81.3 Å². The van der Waals surface area contributed by atoms with Crippen LogP contribution in [0.1, 0.15) is 22.3 Å². The first-order chi connectivity index (χ1) is 41.8. The molecule has 4 aromatic carbocycles. The zero-order valence-electron chi connectivity index (χ0n) is 48.5. The Bertz CT molecular complexity index is 2320. The van der Waals surface area contributed by atoms with Crippen LogP contribution in [0.4, 0.5) is 0 Å². The van der Waals surface area contributed by atoms with E-state index in [1.54, 1.807) is 0 Å². The molecule has 86 heavy (non-hydrogen) atoms. The fourth-order valence-corrected chi connectivity index (χ4v) is 12.1. The van der Waals surface area contributed by atoms with E-state index in [1.807, 2.05) is 121 Å². The fourth-order valence-electron chi connectivity index (χ4n) is 8.08. The third kappa shape index (κ3) is 25.6. The Hall–Kier alpha value is -6.20. The Morgan fingerprint density at radius 3 is 0.733 bits per heavy atom. The number of methoxy groups -OCH3 is 4. The maximum absolute atomic E-state index is 14.5. The van der Waals surface area contributed by atoms with Crippen LogP contribution in [0.2, 0.25) is 0 Å². The zero-order valence-corrected chi connectivity index (χ0v) is 51.7. The van der Waals surface area contributed by atoms with E-state index in [-0.39, 0.29) is 75.9 Å². The minimum Gasteiger partial charge on any atom is -0.467 e. The predicted molar refractivity (Wildman–Crippen MR) is 327 cm³/mol. The van der Waals surface area contributed by atoms with Crippen LogP contribution in [-0.4, -0.2) is 200 Å². The molecule has 4 N–H and O–H groups in total. The lowest BCUT2D eigenvalue weighted by Gasteiger charge is -2.29. The van der Waals surface area contributed by atoms with E-state index >= 15 is 0 Å². The van der Waals surface area contributed by atoms with Gasteiger partial charge in [0, 0.05) is 46.0 Å². The molecule has 0 aliphatic carbocycles. The molecule has 1 fully saturated rings. The summed E-state index contributed by atoms with van der Waals surface area (Å²) in [5.74, 6) is -4.58. The first-order valence-electron chi connectivity index (χ1n) is 27.5. The third-order valence-electron chi connectivity index (χ3n) is 12.5. The van der Waals surface area contributed by atoms with Crippen molar-refractivity contribution >= 4 is 94.6 Å². The van der Waals surface area contributed by atoms with E-state index in [0.717, 1.165) is 22.3 Å².